The molecular weight excluding hydrogens is 444 g/mol. The van der Waals surface area contributed by atoms with Crippen molar-refractivity contribution < 1.29 is 24.9 Å². The third-order valence-corrected chi connectivity index (χ3v) is 6.71. The second-order valence-electron chi connectivity index (χ2n) is 10.00. The number of hydrogen-bond acceptors (Lipinski definition) is 5. The van der Waals surface area contributed by atoms with Crippen LogP contribution in [0.3, 0.4) is 0 Å². The first-order valence-electron chi connectivity index (χ1n) is 14.5. The molecule has 0 fully saturated rings. The van der Waals surface area contributed by atoms with E-state index >= 15 is 0 Å². The fraction of sp³-hybridized carbons (Fsp3) is 0.929. The number of aliphatic hydroxyl groups is 1. The van der Waals surface area contributed by atoms with E-state index in [1.165, 1.54) is 64.2 Å². The normalized spacial score (nSPS) is 11.5. The van der Waals surface area contributed by atoms with Crippen molar-refractivity contribution in [3.63, 3.8) is 0 Å². The van der Waals surface area contributed by atoms with Crippen LogP contribution in [0.2, 0.25) is 0 Å². The molecule has 35 heavy (non-hydrogen) atoms. The fourth-order valence-electron chi connectivity index (χ4n) is 4.49. The van der Waals surface area contributed by atoms with E-state index < -0.39 is 11.9 Å². The number of carboxylic acids is 2. The van der Waals surface area contributed by atoms with Gasteiger partial charge in [0.2, 0.25) is 0 Å². The lowest BCUT2D eigenvalue weighted by Crippen LogP contribution is -2.38. The minimum Gasteiger partial charge on any atom is -0.481 e. The first-order valence-corrected chi connectivity index (χ1v) is 14.5. The Morgan fingerprint density at radius 3 is 1.20 bits per heavy atom. The predicted molar refractivity (Wildman–Crippen MR) is 144 cm³/mol. The van der Waals surface area contributed by atoms with E-state index in [9.17, 15) is 14.7 Å². The topological polar surface area (TPSA) is 101 Å². The van der Waals surface area contributed by atoms with Crippen LogP contribution in [0.1, 0.15) is 122 Å². The van der Waals surface area contributed by atoms with Crippen LogP contribution >= 0.6 is 0 Å². The van der Waals surface area contributed by atoms with Crippen molar-refractivity contribution in [2.45, 2.75) is 122 Å². The summed E-state index contributed by atoms with van der Waals surface area (Å²) in [5, 5.41) is 27.1. The second kappa shape index (κ2) is 25.9. The molecule has 7 heteroatoms. The van der Waals surface area contributed by atoms with Gasteiger partial charge >= 0.3 is 11.9 Å². The zero-order valence-electron chi connectivity index (χ0n) is 22.7. The fourth-order valence-corrected chi connectivity index (χ4v) is 4.49. The van der Waals surface area contributed by atoms with Gasteiger partial charge in [-0.1, -0.05) is 77.6 Å². The summed E-state index contributed by atoms with van der Waals surface area (Å²) in [4.78, 5) is 26.2. The summed E-state index contributed by atoms with van der Waals surface area (Å²) in [7, 11) is 0. The molecule has 0 aromatic rings. The Morgan fingerprint density at radius 1 is 0.486 bits per heavy atom. The quantitative estimate of drug-likeness (QED) is 0.117. The molecule has 0 unspecified atom stereocenters. The van der Waals surface area contributed by atoms with Gasteiger partial charge in [-0.15, -0.1) is 0 Å². The predicted octanol–water partition coefficient (Wildman–Crippen LogP) is 5.79. The summed E-state index contributed by atoms with van der Waals surface area (Å²) >= 11 is 0. The molecule has 0 atom stereocenters. The second-order valence-corrected chi connectivity index (χ2v) is 10.00. The van der Waals surface area contributed by atoms with Gasteiger partial charge in [0.15, 0.2) is 0 Å². The third-order valence-electron chi connectivity index (χ3n) is 6.71. The van der Waals surface area contributed by atoms with Crippen molar-refractivity contribution >= 4 is 11.9 Å². The van der Waals surface area contributed by atoms with E-state index in [4.69, 9.17) is 10.2 Å². The lowest BCUT2D eigenvalue weighted by molar-refractivity contribution is -0.138. The molecule has 7 nitrogen and oxygen atoms in total. The zero-order chi connectivity index (χ0) is 26.0. The molecule has 0 rings (SSSR count). The Kier molecular flexibility index (Phi) is 25.0. The van der Waals surface area contributed by atoms with Crippen LogP contribution in [-0.2, 0) is 9.59 Å². The van der Waals surface area contributed by atoms with Crippen molar-refractivity contribution in [1.29, 1.82) is 0 Å². The monoisotopic (exact) mass is 500 g/mol. The van der Waals surface area contributed by atoms with Crippen LogP contribution in [0.4, 0.5) is 0 Å². The van der Waals surface area contributed by atoms with Gasteiger partial charge in [-0.25, -0.2) is 0 Å². The number of nitrogens with zero attached hydrogens (tertiary/aromatic N) is 2. The van der Waals surface area contributed by atoms with E-state index in [2.05, 4.69) is 16.7 Å². The van der Waals surface area contributed by atoms with Crippen molar-refractivity contribution in [3.05, 3.63) is 0 Å². The molecule has 208 valence electrons. The smallest absolute Gasteiger partial charge is 0.303 e. The van der Waals surface area contributed by atoms with Gasteiger partial charge in [-0.3, -0.25) is 14.5 Å². The van der Waals surface area contributed by atoms with E-state index in [1.807, 2.05) is 0 Å². The number of unbranched alkanes of at least 4 members (excludes halogenated alkanes) is 13. The van der Waals surface area contributed by atoms with E-state index in [-0.39, 0.29) is 19.4 Å². The number of aliphatic hydroxyl groups excluding tert-OH is 1. The molecule has 0 aromatic carbocycles. The first kappa shape index (κ1) is 33.8. The Balaban J connectivity index is 4.21. The van der Waals surface area contributed by atoms with Crippen LogP contribution in [-0.4, -0.2) is 82.9 Å². The minimum atomic E-state index is -0.730. The maximum atomic E-state index is 10.7. The Morgan fingerprint density at radius 2 is 0.829 bits per heavy atom. The number of carbonyl (C=O) groups is 2. The summed E-state index contributed by atoms with van der Waals surface area (Å²) in [6.45, 7) is 7.95. The standard InChI is InChI=1S/C28H56N2O5/c1-2-3-4-5-6-7-8-9-10-15-22-30(25-26-31)24-23-29(20-16-11-13-18-27(32)33)21-17-12-14-19-28(34)35/h31H,2-26H2,1H3,(H,32,33)(H,34,35). The van der Waals surface area contributed by atoms with Crippen LogP contribution in [0.15, 0.2) is 0 Å². The molecule has 0 saturated carbocycles. The van der Waals surface area contributed by atoms with Gasteiger partial charge in [0.25, 0.3) is 0 Å². The van der Waals surface area contributed by atoms with Gasteiger partial charge in [0, 0.05) is 32.5 Å². The maximum absolute atomic E-state index is 10.7. The van der Waals surface area contributed by atoms with E-state index in [1.54, 1.807) is 0 Å². The Bertz CT molecular complexity index is 466. The van der Waals surface area contributed by atoms with Gasteiger partial charge in [-0.2, -0.15) is 0 Å². The molecule has 0 spiro atoms. The Hall–Kier alpha value is -1.18. The van der Waals surface area contributed by atoms with Crippen molar-refractivity contribution in [1.82, 2.24) is 9.80 Å². The molecule has 3 N–H and O–H groups in total. The molecule has 0 saturated heterocycles. The van der Waals surface area contributed by atoms with Gasteiger partial charge in [-0.05, 0) is 51.7 Å². The number of carboxylic acid groups (broad SMARTS) is 2. The molecule has 0 aliphatic carbocycles. The summed E-state index contributed by atoms with van der Waals surface area (Å²) in [5.74, 6) is -1.46. The molecular formula is C28H56N2O5. The molecule has 0 aromatic heterocycles. The first-order chi connectivity index (χ1) is 17.0. The maximum Gasteiger partial charge on any atom is 0.303 e. The minimum absolute atomic E-state index is 0.183. The van der Waals surface area contributed by atoms with Crippen LogP contribution < -0.4 is 0 Å². The van der Waals surface area contributed by atoms with Crippen molar-refractivity contribution in [2.75, 3.05) is 45.9 Å². The highest BCUT2D eigenvalue weighted by Gasteiger charge is 2.10. The molecule has 0 bridgehead atoms. The van der Waals surface area contributed by atoms with E-state index in [0.29, 0.717) is 6.54 Å². The number of aliphatic carboxylic acids is 2. The highest BCUT2D eigenvalue weighted by Crippen LogP contribution is 2.11. The van der Waals surface area contributed by atoms with Crippen molar-refractivity contribution in [2.24, 2.45) is 0 Å². The summed E-state index contributed by atoms with van der Waals surface area (Å²) in [6, 6.07) is 0. The van der Waals surface area contributed by atoms with Crippen LogP contribution in [0.5, 0.6) is 0 Å². The average molecular weight is 501 g/mol. The average Bonchev–Trinajstić information content (AvgIpc) is 2.82. The summed E-state index contributed by atoms with van der Waals surface area (Å²) in [6.07, 6.45) is 19.0. The molecule has 0 aliphatic heterocycles. The summed E-state index contributed by atoms with van der Waals surface area (Å²) < 4.78 is 0. The SMILES string of the molecule is CCCCCCCCCCCCN(CCO)CCN(CCCCCC(=O)O)CCCCCC(=O)O. The van der Waals surface area contributed by atoms with Crippen LogP contribution in [0, 0.1) is 0 Å². The van der Waals surface area contributed by atoms with Gasteiger partial charge in [0.05, 0.1) is 6.61 Å². The van der Waals surface area contributed by atoms with Gasteiger partial charge < -0.3 is 20.2 Å². The number of hydrogen-bond donors (Lipinski definition) is 3. The van der Waals surface area contributed by atoms with Gasteiger partial charge in [0.1, 0.15) is 0 Å². The van der Waals surface area contributed by atoms with Crippen LogP contribution in [0.25, 0.3) is 0 Å². The molecule has 0 heterocycles. The highest BCUT2D eigenvalue weighted by molar-refractivity contribution is 5.66. The lowest BCUT2D eigenvalue weighted by atomic mass is 10.1. The lowest BCUT2D eigenvalue weighted by Gasteiger charge is -2.27. The largest absolute Gasteiger partial charge is 0.481 e. The Labute approximate surface area is 215 Å². The molecule has 0 radical (unpaired) electrons. The van der Waals surface area contributed by atoms with Crippen molar-refractivity contribution in [3.8, 4) is 0 Å². The highest BCUT2D eigenvalue weighted by atomic mass is 16.4. The summed E-state index contributed by atoms with van der Waals surface area (Å²) in [5.41, 5.74) is 0. The number of rotatable bonds is 28. The third kappa shape index (κ3) is 25.7. The molecule has 0 amide bonds. The molecule has 0 aliphatic rings. The van der Waals surface area contributed by atoms with E-state index in [0.717, 1.165) is 71.2 Å². The zero-order valence-corrected chi connectivity index (χ0v) is 22.7.